The Morgan fingerprint density at radius 3 is 2.45 bits per heavy atom. The molecule has 1 fully saturated rings. The highest BCUT2D eigenvalue weighted by Gasteiger charge is 2.16. The van der Waals surface area contributed by atoms with Crippen molar-refractivity contribution in [2.75, 3.05) is 5.73 Å². The van der Waals surface area contributed by atoms with Crippen LogP contribution >= 0.6 is 0 Å². The first-order valence-electron chi connectivity index (χ1n) is 7.58. The molecule has 0 unspecified atom stereocenters. The zero-order valence-electron chi connectivity index (χ0n) is 11.8. The van der Waals surface area contributed by atoms with Crippen molar-refractivity contribution in [1.29, 1.82) is 0 Å². The van der Waals surface area contributed by atoms with Gasteiger partial charge in [-0.25, -0.2) is 9.97 Å². The number of rotatable bonds is 2. The van der Waals surface area contributed by atoms with Crippen molar-refractivity contribution in [3.05, 3.63) is 30.9 Å². The molecule has 3 rings (SSSR count). The lowest BCUT2D eigenvalue weighted by molar-refractivity contribution is 0.374. The van der Waals surface area contributed by atoms with Gasteiger partial charge >= 0.3 is 0 Å². The van der Waals surface area contributed by atoms with E-state index in [2.05, 4.69) is 14.5 Å². The van der Waals surface area contributed by atoms with Crippen LogP contribution in [0.5, 0.6) is 0 Å². The zero-order chi connectivity index (χ0) is 13.8. The Hall–Kier alpha value is -1.84. The van der Waals surface area contributed by atoms with Gasteiger partial charge in [0.05, 0.1) is 18.2 Å². The molecule has 1 saturated carbocycles. The van der Waals surface area contributed by atoms with Crippen LogP contribution in [-0.2, 0) is 0 Å². The van der Waals surface area contributed by atoms with Gasteiger partial charge in [-0.15, -0.1) is 0 Å². The molecule has 0 aliphatic heterocycles. The van der Waals surface area contributed by atoms with Crippen LogP contribution in [0.4, 0.5) is 5.82 Å². The molecule has 2 aromatic rings. The quantitative estimate of drug-likeness (QED) is 0.902. The van der Waals surface area contributed by atoms with E-state index in [1.54, 1.807) is 0 Å². The Morgan fingerprint density at radius 2 is 1.75 bits per heavy atom. The second-order valence-electron chi connectivity index (χ2n) is 5.66. The van der Waals surface area contributed by atoms with Gasteiger partial charge in [0, 0.05) is 17.8 Å². The number of nitrogen functional groups attached to an aromatic ring is 1. The third-order valence-electron chi connectivity index (χ3n) is 4.22. The smallest absolute Gasteiger partial charge is 0.123 e. The monoisotopic (exact) mass is 270 g/mol. The number of pyridine rings is 1. The average Bonchev–Trinajstić information content (AvgIpc) is 2.88. The lowest BCUT2D eigenvalue weighted by Crippen LogP contribution is -2.11. The van der Waals surface area contributed by atoms with Gasteiger partial charge in [0.1, 0.15) is 5.82 Å². The van der Waals surface area contributed by atoms with Crippen molar-refractivity contribution in [3.8, 4) is 11.3 Å². The lowest BCUT2D eigenvalue weighted by Gasteiger charge is -2.23. The lowest BCUT2D eigenvalue weighted by atomic mass is 9.96. The van der Waals surface area contributed by atoms with Crippen LogP contribution in [0.25, 0.3) is 11.3 Å². The minimum atomic E-state index is 0.561. The van der Waals surface area contributed by atoms with Crippen molar-refractivity contribution in [1.82, 2.24) is 14.5 Å². The van der Waals surface area contributed by atoms with Crippen LogP contribution < -0.4 is 5.73 Å². The molecule has 0 saturated heterocycles. The molecule has 106 valence electrons. The van der Waals surface area contributed by atoms with E-state index in [0.29, 0.717) is 11.9 Å². The summed E-state index contributed by atoms with van der Waals surface area (Å²) in [5.74, 6) is 0.561. The highest BCUT2D eigenvalue weighted by Crippen LogP contribution is 2.30. The van der Waals surface area contributed by atoms with Crippen molar-refractivity contribution in [2.45, 2.75) is 51.0 Å². The van der Waals surface area contributed by atoms with Crippen LogP contribution in [0, 0.1) is 0 Å². The molecule has 4 nitrogen and oxygen atoms in total. The van der Waals surface area contributed by atoms with Gasteiger partial charge in [-0.1, -0.05) is 32.1 Å². The van der Waals surface area contributed by atoms with Crippen molar-refractivity contribution < 1.29 is 0 Å². The second kappa shape index (κ2) is 6.07. The van der Waals surface area contributed by atoms with Gasteiger partial charge in [-0.2, -0.15) is 0 Å². The van der Waals surface area contributed by atoms with Gasteiger partial charge in [0.15, 0.2) is 0 Å². The highest BCUT2D eigenvalue weighted by molar-refractivity contribution is 5.59. The summed E-state index contributed by atoms with van der Waals surface area (Å²) in [4.78, 5) is 8.55. The van der Waals surface area contributed by atoms with Gasteiger partial charge in [-0.3, -0.25) is 0 Å². The molecule has 0 aromatic carbocycles. The van der Waals surface area contributed by atoms with Crippen molar-refractivity contribution >= 4 is 5.82 Å². The third kappa shape index (κ3) is 2.84. The molecule has 0 radical (unpaired) electrons. The van der Waals surface area contributed by atoms with Gasteiger partial charge < -0.3 is 10.3 Å². The molecule has 20 heavy (non-hydrogen) atoms. The maximum absolute atomic E-state index is 5.67. The van der Waals surface area contributed by atoms with E-state index in [0.717, 1.165) is 11.3 Å². The summed E-state index contributed by atoms with van der Waals surface area (Å²) in [7, 11) is 0. The van der Waals surface area contributed by atoms with E-state index in [1.165, 1.54) is 44.9 Å². The largest absolute Gasteiger partial charge is 0.384 e. The normalized spacial score (nSPS) is 17.6. The van der Waals surface area contributed by atoms with Crippen LogP contribution in [-0.4, -0.2) is 14.5 Å². The summed E-state index contributed by atoms with van der Waals surface area (Å²) in [5.41, 5.74) is 7.92. The van der Waals surface area contributed by atoms with Crippen LogP contribution in [0.2, 0.25) is 0 Å². The number of hydrogen-bond donors (Lipinski definition) is 1. The van der Waals surface area contributed by atoms with Gasteiger partial charge in [0.2, 0.25) is 0 Å². The first-order valence-corrected chi connectivity index (χ1v) is 7.58. The summed E-state index contributed by atoms with van der Waals surface area (Å²) in [6.45, 7) is 0. The van der Waals surface area contributed by atoms with E-state index in [9.17, 15) is 0 Å². The fourth-order valence-corrected chi connectivity index (χ4v) is 3.09. The summed E-state index contributed by atoms with van der Waals surface area (Å²) >= 11 is 0. The standard InChI is InChI=1S/C16H22N4/c17-16-9-8-13(10-19-16)15-11-18-12-20(15)14-6-4-2-1-3-5-7-14/h8-12,14H,1-7H2,(H2,17,19). The average molecular weight is 270 g/mol. The molecule has 0 amide bonds. The number of aromatic nitrogens is 3. The number of nitrogens with zero attached hydrogens (tertiary/aromatic N) is 3. The minimum Gasteiger partial charge on any atom is -0.384 e. The molecular weight excluding hydrogens is 248 g/mol. The topological polar surface area (TPSA) is 56.7 Å². The molecule has 0 atom stereocenters. The fourth-order valence-electron chi connectivity index (χ4n) is 3.09. The molecule has 0 spiro atoms. The van der Waals surface area contributed by atoms with Gasteiger partial charge in [-0.05, 0) is 25.0 Å². The Morgan fingerprint density at radius 1 is 1.00 bits per heavy atom. The van der Waals surface area contributed by atoms with Crippen LogP contribution in [0.15, 0.2) is 30.9 Å². The molecule has 2 heterocycles. The molecule has 2 N–H and O–H groups in total. The summed E-state index contributed by atoms with van der Waals surface area (Å²) in [6.07, 6.45) is 15.0. The predicted molar refractivity (Wildman–Crippen MR) is 81.2 cm³/mol. The second-order valence-corrected chi connectivity index (χ2v) is 5.66. The molecule has 2 aromatic heterocycles. The Bertz CT molecular complexity index is 536. The molecule has 4 heteroatoms. The maximum atomic E-state index is 5.67. The minimum absolute atomic E-state index is 0.561. The highest BCUT2D eigenvalue weighted by atomic mass is 15.1. The summed E-state index contributed by atoms with van der Waals surface area (Å²) in [5, 5.41) is 0. The Balaban J connectivity index is 1.86. The Labute approximate surface area is 120 Å². The first kappa shape index (κ1) is 13.2. The van der Waals surface area contributed by atoms with Gasteiger partial charge in [0.25, 0.3) is 0 Å². The van der Waals surface area contributed by atoms with E-state index in [4.69, 9.17) is 5.73 Å². The molecule has 0 bridgehead atoms. The number of anilines is 1. The van der Waals surface area contributed by atoms with Crippen molar-refractivity contribution in [3.63, 3.8) is 0 Å². The fraction of sp³-hybridized carbons (Fsp3) is 0.500. The van der Waals surface area contributed by atoms with E-state index in [1.807, 2.05) is 30.9 Å². The molecule has 1 aliphatic carbocycles. The molecular formula is C16H22N4. The van der Waals surface area contributed by atoms with Crippen LogP contribution in [0.1, 0.15) is 51.0 Å². The SMILES string of the molecule is Nc1ccc(-c2cncn2C2CCCCCCC2)cn1. The van der Waals surface area contributed by atoms with E-state index in [-0.39, 0.29) is 0 Å². The summed E-state index contributed by atoms with van der Waals surface area (Å²) in [6, 6.07) is 4.45. The third-order valence-corrected chi connectivity index (χ3v) is 4.22. The molecule has 1 aliphatic rings. The Kier molecular flexibility index (Phi) is 4.00. The number of hydrogen-bond acceptors (Lipinski definition) is 3. The summed E-state index contributed by atoms with van der Waals surface area (Å²) < 4.78 is 2.33. The zero-order valence-corrected chi connectivity index (χ0v) is 11.8. The number of imidazole rings is 1. The predicted octanol–water partition coefficient (Wildman–Crippen LogP) is 3.81. The first-order chi connectivity index (χ1) is 9.84. The maximum Gasteiger partial charge on any atom is 0.123 e. The van der Waals surface area contributed by atoms with Crippen molar-refractivity contribution in [2.24, 2.45) is 0 Å². The van der Waals surface area contributed by atoms with E-state index >= 15 is 0 Å². The van der Waals surface area contributed by atoms with E-state index < -0.39 is 0 Å². The van der Waals surface area contributed by atoms with Crippen LogP contribution in [0.3, 0.4) is 0 Å². The number of nitrogens with two attached hydrogens (primary N) is 1.